The Labute approximate surface area is 107 Å². The zero-order chi connectivity index (χ0) is 14.7. The van der Waals surface area contributed by atoms with Crippen molar-refractivity contribution in [2.24, 2.45) is 5.14 Å². The molecule has 3 N–H and O–H groups in total. The summed E-state index contributed by atoms with van der Waals surface area (Å²) in [6.07, 6.45) is -4.65. The van der Waals surface area contributed by atoms with Crippen LogP contribution in [0.1, 0.15) is 11.1 Å². The molecule has 5 nitrogen and oxygen atoms in total. The smallest absolute Gasteiger partial charge is 0.384 e. The fraction of sp³-hybridized carbons (Fsp3) is 0.300. The second kappa shape index (κ2) is 5.46. The normalized spacial score (nSPS) is 11.9. The van der Waals surface area contributed by atoms with Gasteiger partial charge < -0.3 is 5.32 Å². The summed E-state index contributed by atoms with van der Waals surface area (Å²) in [6, 6.07) is 4.47. The third-order valence-electron chi connectivity index (χ3n) is 2.16. The van der Waals surface area contributed by atoms with Crippen LogP contribution in [-0.2, 0) is 16.2 Å². The topological polar surface area (TPSA) is 96.0 Å². The average Bonchev–Trinajstić information content (AvgIpc) is 2.26. The first-order chi connectivity index (χ1) is 8.63. The molecule has 0 heterocycles. The van der Waals surface area contributed by atoms with Crippen LogP contribution >= 0.6 is 0 Å². The zero-order valence-electron chi connectivity index (χ0n) is 9.53. The van der Waals surface area contributed by atoms with Crippen LogP contribution in [0.5, 0.6) is 0 Å². The minimum absolute atomic E-state index is 0.0648. The number of primary sulfonamides is 1. The number of nitrogens with two attached hydrogens (primary N) is 1. The molecule has 0 spiro atoms. The summed E-state index contributed by atoms with van der Waals surface area (Å²) >= 11 is 0. The van der Waals surface area contributed by atoms with Gasteiger partial charge in [0.1, 0.15) is 0 Å². The van der Waals surface area contributed by atoms with Crippen LogP contribution in [0.25, 0.3) is 0 Å². The minimum Gasteiger partial charge on any atom is -0.384 e. The number of sulfonamides is 1. The number of halogens is 3. The number of hydrogen-bond acceptors (Lipinski definition) is 4. The van der Waals surface area contributed by atoms with Gasteiger partial charge in [-0.05, 0) is 18.2 Å². The summed E-state index contributed by atoms with van der Waals surface area (Å²) < 4.78 is 59.2. The van der Waals surface area contributed by atoms with Crippen LogP contribution in [0.2, 0.25) is 0 Å². The maximum atomic E-state index is 12.6. The summed E-state index contributed by atoms with van der Waals surface area (Å²) in [5.74, 6) is -0.408. The Morgan fingerprint density at radius 3 is 2.47 bits per heavy atom. The van der Waals surface area contributed by atoms with Crippen molar-refractivity contribution >= 4 is 15.7 Å². The van der Waals surface area contributed by atoms with Gasteiger partial charge in [0.2, 0.25) is 10.0 Å². The molecular formula is C10H10F3N3O2S. The number of benzene rings is 1. The predicted octanol–water partition coefficient (Wildman–Crippen LogP) is 1.28. The first kappa shape index (κ1) is 15.3. The fourth-order valence-electron chi connectivity index (χ4n) is 1.32. The number of nitrogens with one attached hydrogen (secondary N) is 1. The van der Waals surface area contributed by atoms with Gasteiger partial charge in [-0.15, -0.1) is 0 Å². The number of rotatable bonds is 4. The van der Waals surface area contributed by atoms with Crippen LogP contribution in [0.4, 0.5) is 18.9 Å². The summed E-state index contributed by atoms with van der Waals surface area (Å²) in [5.41, 5.74) is -1.50. The van der Waals surface area contributed by atoms with E-state index in [1.165, 1.54) is 12.1 Å². The summed E-state index contributed by atoms with van der Waals surface area (Å²) in [4.78, 5) is 0. The number of alkyl halides is 3. The zero-order valence-corrected chi connectivity index (χ0v) is 10.3. The van der Waals surface area contributed by atoms with Crippen molar-refractivity contribution in [3.63, 3.8) is 0 Å². The lowest BCUT2D eigenvalue weighted by atomic mass is 10.1. The van der Waals surface area contributed by atoms with Gasteiger partial charge >= 0.3 is 6.18 Å². The number of nitrogens with zero attached hydrogens (tertiary/aromatic N) is 1. The molecule has 9 heteroatoms. The molecule has 1 aromatic rings. The van der Waals surface area contributed by atoms with Gasteiger partial charge in [-0.3, -0.25) is 0 Å². The Morgan fingerprint density at radius 2 is 2.00 bits per heavy atom. The van der Waals surface area contributed by atoms with Crippen molar-refractivity contribution in [1.82, 2.24) is 0 Å². The molecule has 0 unspecified atom stereocenters. The average molecular weight is 293 g/mol. The Hall–Kier alpha value is -1.79. The Balaban J connectivity index is 2.91. The van der Waals surface area contributed by atoms with E-state index in [0.29, 0.717) is 0 Å². The van der Waals surface area contributed by atoms with Crippen LogP contribution in [0, 0.1) is 11.3 Å². The van der Waals surface area contributed by atoms with Crippen molar-refractivity contribution in [1.29, 1.82) is 5.26 Å². The van der Waals surface area contributed by atoms with Crippen LogP contribution < -0.4 is 10.5 Å². The molecule has 1 rings (SSSR count). The molecule has 0 aromatic heterocycles. The van der Waals surface area contributed by atoms with Gasteiger partial charge in [-0.2, -0.15) is 18.4 Å². The van der Waals surface area contributed by atoms with E-state index in [4.69, 9.17) is 10.4 Å². The summed E-state index contributed by atoms with van der Waals surface area (Å²) in [5, 5.41) is 15.8. The van der Waals surface area contributed by atoms with Crippen molar-refractivity contribution in [3.8, 4) is 6.07 Å². The molecular weight excluding hydrogens is 283 g/mol. The Bertz CT molecular complexity index is 605. The van der Waals surface area contributed by atoms with E-state index in [2.05, 4.69) is 5.32 Å². The summed E-state index contributed by atoms with van der Waals surface area (Å²) in [7, 11) is -3.68. The minimum atomic E-state index is -4.65. The van der Waals surface area contributed by atoms with Gasteiger partial charge in [0, 0.05) is 12.2 Å². The molecule has 0 atom stereocenters. The van der Waals surface area contributed by atoms with E-state index in [9.17, 15) is 21.6 Å². The Morgan fingerprint density at radius 1 is 1.37 bits per heavy atom. The highest BCUT2D eigenvalue weighted by Gasteiger charge is 2.33. The maximum Gasteiger partial charge on any atom is 0.417 e. The van der Waals surface area contributed by atoms with Gasteiger partial charge in [0.05, 0.1) is 22.9 Å². The molecule has 0 radical (unpaired) electrons. The molecule has 0 fully saturated rings. The second-order valence-corrected chi connectivity index (χ2v) is 5.40. The highest BCUT2D eigenvalue weighted by Crippen LogP contribution is 2.33. The molecule has 0 aliphatic carbocycles. The Kier molecular flexibility index (Phi) is 4.39. The van der Waals surface area contributed by atoms with E-state index in [1.54, 1.807) is 0 Å². The highest BCUT2D eigenvalue weighted by molar-refractivity contribution is 7.89. The number of nitriles is 1. The third-order valence-corrected chi connectivity index (χ3v) is 2.93. The lowest BCUT2D eigenvalue weighted by Crippen LogP contribution is -2.22. The van der Waals surface area contributed by atoms with Crippen LogP contribution in [0.15, 0.2) is 18.2 Å². The predicted molar refractivity (Wildman–Crippen MR) is 62.6 cm³/mol. The van der Waals surface area contributed by atoms with Gasteiger partial charge in [0.15, 0.2) is 0 Å². The summed E-state index contributed by atoms with van der Waals surface area (Å²) in [6.45, 7) is -0.123. The molecule has 0 saturated carbocycles. The number of anilines is 1. The highest BCUT2D eigenvalue weighted by atomic mass is 32.2. The first-order valence-corrected chi connectivity index (χ1v) is 6.71. The maximum absolute atomic E-state index is 12.6. The van der Waals surface area contributed by atoms with E-state index < -0.39 is 33.1 Å². The standard InChI is InChI=1S/C10H10F3N3O2S/c11-10(12,13)9-5-8(2-1-7(9)6-14)16-3-4-19(15,17)18/h1-2,5,16H,3-4H2,(H2,15,17,18). The lowest BCUT2D eigenvalue weighted by Gasteiger charge is -2.12. The van der Waals surface area contributed by atoms with Gasteiger partial charge in [-0.25, -0.2) is 13.6 Å². The van der Waals surface area contributed by atoms with Crippen molar-refractivity contribution in [2.75, 3.05) is 17.6 Å². The van der Waals surface area contributed by atoms with Crippen molar-refractivity contribution < 1.29 is 21.6 Å². The van der Waals surface area contributed by atoms with Crippen molar-refractivity contribution in [2.45, 2.75) is 6.18 Å². The molecule has 0 aliphatic heterocycles. The lowest BCUT2D eigenvalue weighted by molar-refractivity contribution is -0.137. The third kappa shape index (κ3) is 4.76. The van der Waals surface area contributed by atoms with E-state index in [0.717, 1.165) is 12.1 Å². The van der Waals surface area contributed by atoms with Crippen LogP contribution in [0.3, 0.4) is 0 Å². The van der Waals surface area contributed by atoms with Gasteiger partial charge in [0.25, 0.3) is 0 Å². The fourth-order valence-corrected chi connectivity index (χ4v) is 1.71. The van der Waals surface area contributed by atoms with Gasteiger partial charge in [-0.1, -0.05) is 0 Å². The first-order valence-electron chi connectivity index (χ1n) is 4.99. The molecule has 0 amide bonds. The monoisotopic (exact) mass is 293 g/mol. The van der Waals surface area contributed by atoms with Crippen molar-refractivity contribution in [3.05, 3.63) is 29.3 Å². The van der Waals surface area contributed by atoms with Crippen LogP contribution in [-0.4, -0.2) is 20.7 Å². The van der Waals surface area contributed by atoms with E-state index >= 15 is 0 Å². The quantitative estimate of drug-likeness (QED) is 0.874. The molecule has 0 saturated heterocycles. The molecule has 19 heavy (non-hydrogen) atoms. The van der Waals surface area contributed by atoms with E-state index in [1.807, 2.05) is 0 Å². The SMILES string of the molecule is N#Cc1ccc(NCCS(N)(=O)=O)cc1C(F)(F)F. The molecule has 0 bridgehead atoms. The van der Waals surface area contributed by atoms with E-state index in [-0.39, 0.29) is 12.2 Å². The molecule has 104 valence electrons. The molecule has 0 aliphatic rings. The second-order valence-electron chi connectivity index (χ2n) is 3.66. The molecule has 1 aromatic carbocycles. The number of hydrogen-bond donors (Lipinski definition) is 2. The largest absolute Gasteiger partial charge is 0.417 e.